The minimum atomic E-state index is -3.75. The molecule has 0 aliphatic rings. The maximum Gasteiger partial charge on any atom is 0.261 e. The van der Waals surface area contributed by atoms with Gasteiger partial charge in [-0.2, -0.15) is 5.10 Å². The Morgan fingerprint density at radius 1 is 1.14 bits per heavy atom. The van der Waals surface area contributed by atoms with E-state index in [2.05, 4.69) is 30.6 Å². The van der Waals surface area contributed by atoms with Gasteiger partial charge in [0, 0.05) is 16.8 Å². The van der Waals surface area contributed by atoms with Crippen molar-refractivity contribution in [2.45, 2.75) is 37.6 Å². The molecule has 0 unspecified atom stereocenters. The van der Waals surface area contributed by atoms with E-state index in [0.717, 1.165) is 5.56 Å². The Labute approximate surface area is 169 Å². The second-order valence-electron chi connectivity index (χ2n) is 7.51. The molecule has 1 heterocycles. The molecule has 0 atom stereocenters. The Hall–Kier alpha value is -2.38. The number of sulfonamides is 1. The van der Waals surface area contributed by atoms with Gasteiger partial charge < -0.3 is 0 Å². The number of aromatic nitrogens is 2. The fraction of sp³-hybridized carbons (Fsp3) is 0.250. The van der Waals surface area contributed by atoms with Gasteiger partial charge in [0.2, 0.25) is 0 Å². The quantitative estimate of drug-likeness (QED) is 0.642. The van der Waals surface area contributed by atoms with Crippen molar-refractivity contribution in [1.82, 2.24) is 9.78 Å². The van der Waals surface area contributed by atoms with E-state index in [0.29, 0.717) is 5.56 Å². The average Bonchev–Trinajstić information content (AvgIpc) is 3.04. The standard InChI is InChI=1S/C20H21ClFN3O2S/c1-20(2,3)14-7-9-16(10-8-14)28(26,27)24-15-11-23-25(12-15)13-17-18(21)5-4-6-19(17)22/h4-12,24H,13H2,1-3H3. The number of anilines is 1. The maximum absolute atomic E-state index is 13.9. The third-order valence-electron chi connectivity index (χ3n) is 4.30. The molecule has 28 heavy (non-hydrogen) atoms. The number of hydrogen-bond acceptors (Lipinski definition) is 3. The first-order valence-electron chi connectivity index (χ1n) is 8.65. The zero-order valence-corrected chi connectivity index (χ0v) is 17.4. The highest BCUT2D eigenvalue weighted by Crippen LogP contribution is 2.25. The summed E-state index contributed by atoms with van der Waals surface area (Å²) < 4.78 is 43.0. The van der Waals surface area contributed by atoms with Gasteiger partial charge >= 0.3 is 0 Å². The average molecular weight is 422 g/mol. The second-order valence-corrected chi connectivity index (χ2v) is 9.60. The van der Waals surface area contributed by atoms with Gasteiger partial charge in [-0.1, -0.05) is 50.6 Å². The molecule has 5 nitrogen and oxygen atoms in total. The minimum Gasteiger partial charge on any atom is -0.276 e. The van der Waals surface area contributed by atoms with Crippen LogP contribution in [0.3, 0.4) is 0 Å². The third kappa shape index (κ3) is 4.54. The first-order chi connectivity index (χ1) is 13.1. The van der Waals surface area contributed by atoms with Crippen LogP contribution in [0.15, 0.2) is 59.8 Å². The normalized spacial score (nSPS) is 12.2. The van der Waals surface area contributed by atoms with Gasteiger partial charge in [-0.25, -0.2) is 12.8 Å². The van der Waals surface area contributed by atoms with Crippen molar-refractivity contribution in [3.63, 3.8) is 0 Å². The van der Waals surface area contributed by atoms with E-state index in [9.17, 15) is 12.8 Å². The molecule has 0 fully saturated rings. The molecule has 0 spiro atoms. The number of halogens is 2. The lowest BCUT2D eigenvalue weighted by Gasteiger charge is -2.19. The number of nitrogens with zero attached hydrogens (tertiary/aromatic N) is 2. The Morgan fingerprint density at radius 3 is 2.43 bits per heavy atom. The molecule has 3 aromatic rings. The summed E-state index contributed by atoms with van der Waals surface area (Å²) in [4.78, 5) is 0.158. The Bertz CT molecular complexity index is 1070. The van der Waals surface area contributed by atoms with Crippen molar-refractivity contribution >= 4 is 27.3 Å². The van der Waals surface area contributed by atoms with Crippen LogP contribution in [0.2, 0.25) is 5.02 Å². The van der Waals surface area contributed by atoms with Crippen LogP contribution in [0, 0.1) is 5.82 Å². The van der Waals surface area contributed by atoms with Crippen LogP contribution in [-0.4, -0.2) is 18.2 Å². The molecular weight excluding hydrogens is 401 g/mol. The number of hydrogen-bond donors (Lipinski definition) is 1. The summed E-state index contributed by atoms with van der Waals surface area (Å²) in [7, 11) is -3.75. The molecule has 0 bridgehead atoms. The van der Waals surface area contributed by atoms with Gasteiger partial charge in [0.1, 0.15) is 5.82 Å². The molecule has 8 heteroatoms. The van der Waals surface area contributed by atoms with E-state index in [1.807, 2.05) is 0 Å². The summed E-state index contributed by atoms with van der Waals surface area (Å²) in [5.74, 6) is -0.441. The number of benzene rings is 2. The summed E-state index contributed by atoms with van der Waals surface area (Å²) in [6.07, 6.45) is 2.86. The van der Waals surface area contributed by atoms with Crippen LogP contribution in [0.1, 0.15) is 31.9 Å². The molecule has 148 valence electrons. The van der Waals surface area contributed by atoms with Crippen LogP contribution >= 0.6 is 11.6 Å². The van der Waals surface area contributed by atoms with Crippen LogP contribution < -0.4 is 4.72 Å². The summed E-state index contributed by atoms with van der Waals surface area (Å²) in [5.41, 5.74) is 1.55. The lowest BCUT2D eigenvalue weighted by molar-refractivity contribution is 0.585. The summed E-state index contributed by atoms with van der Waals surface area (Å²) in [6.45, 7) is 6.27. The van der Waals surface area contributed by atoms with Crippen LogP contribution in [-0.2, 0) is 22.0 Å². The van der Waals surface area contributed by atoms with E-state index in [-0.39, 0.29) is 27.6 Å². The second kappa shape index (κ2) is 7.56. The Balaban J connectivity index is 1.77. The van der Waals surface area contributed by atoms with Gasteiger partial charge in [-0.3, -0.25) is 9.40 Å². The van der Waals surface area contributed by atoms with Gasteiger partial charge in [-0.15, -0.1) is 0 Å². The van der Waals surface area contributed by atoms with Crippen LogP contribution in [0.4, 0.5) is 10.1 Å². The molecule has 1 aromatic heterocycles. The minimum absolute atomic E-state index is 0.0646. The summed E-state index contributed by atoms with van der Waals surface area (Å²) in [5, 5.41) is 4.37. The summed E-state index contributed by atoms with van der Waals surface area (Å²) in [6, 6.07) is 11.2. The fourth-order valence-corrected chi connectivity index (χ4v) is 3.95. The van der Waals surface area contributed by atoms with E-state index >= 15 is 0 Å². The van der Waals surface area contributed by atoms with Crippen molar-refractivity contribution in [1.29, 1.82) is 0 Å². The first-order valence-corrected chi connectivity index (χ1v) is 10.5. The zero-order chi connectivity index (χ0) is 20.5. The molecule has 0 aliphatic carbocycles. The highest BCUT2D eigenvalue weighted by molar-refractivity contribution is 7.92. The molecule has 1 N–H and O–H groups in total. The number of rotatable bonds is 5. The largest absolute Gasteiger partial charge is 0.276 e. The smallest absolute Gasteiger partial charge is 0.261 e. The molecule has 0 radical (unpaired) electrons. The monoisotopic (exact) mass is 421 g/mol. The fourth-order valence-electron chi connectivity index (χ4n) is 2.70. The SMILES string of the molecule is CC(C)(C)c1ccc(S(=O)(=O)Nc2cnn(Cc3c(F)cccc3Cl)c2)cc1. The molecule has 0 saturated carbocycles. The molecule has 2 aromatic carbocycles. The zero-order valence-electron chi connectivity index (χ0n) is 15.8. The lowest BCUT2D eigenvalue weighted by atomic mass is 9.87. The summed E-state index contributed by atoms with van der Waals surface area (Å²) >= 11 is 6.02. The molecule has 0 saturated heterocycles. The van der Waals surface area contributed by atoms with Crippen molar-refractivity contribution in [2.24, 2.45) is 0 Å². The van der Waals surface area contributed by atoms with Crippen molar-refractivity contribution in [2.75, 3.05) is 4.72 Å². The topological polar surface area (TPSA) is 64.0 Å². The van der Waals surface area contributed by atoms with Gasteiger partial charge in [0.15, 0.2) is 0 Å². The highest BCUT2D eigenvalue weighted by Gasteiger charge is 2.18. The highest BCUT2D eigenvalue weighted by atomic mass is 35.5. The van der Waals surface area contributed by atoms with Crippen LogP contribution in [0.5, 0.6) is 0 Å². The first kappa shape index (κ1) is 20.4. The van der Waals surface area contributed by atoms with Crippen molar-refractivity contribution in [3.05, 3.63) is 76.8 Å². The predicted octanol–water partition coefficient (Wildman–Crippen LogP) is 4.82. The third-order valence-corrected chi connectivity index (χ3v) is 6.05. The maximum atomic E-state index is 13.9. The van der Waals surface area contributed by atoms with E-state index in [1.54, 1.807) is 30.3 Å². The van der Waals surface area contributed by atoms with Gasteiger partial charge in [-0.05, 0) is 35.2 Å². The number of nitrogens with one attached hydrogen (secondary N) is 1. The van der Waals surface area contributed by atoms with E-state index in [1.165, 1.54) is 29.2 Å². The van der Waals surface area contributed by atoms with Gasteiger partial charge in [0.25, 0.3) is 10.0 Å². The van der Waals surface area contributed by atoms with E-state index in [4.69, 9.17) is 11.6 Å². The predicted molar refractivity (Wildman–Crippen MR) is 109 cm³/mol. The lowest BCUT2D eigenvalue weighted by Crippen LogP contribution is -2.14. The van der Waals surface area contributed by atoms with Crippen LogP contribution in [0.25, 0.3) is 0 Å². The van der Waals surface area contributed by atoms with Crippen molar-refractivity contribution in [3.8, 4) is 0 Å². The molecular formula is C20H21ClFN3O2S. The molecule has 0 aliphatic heterocycles. The van der Waals surface area contributed by atoms with Gasteiger partial charge in [0.05, 0.1) is 23.3 Å². The van der Waals surface area contributed by atoms with E-state index < -0.39 is 15.8 Å². The Morgan fingerprint density at radius 2 is 1.82 bits per heavy atom. The Kier molecular flexibility index (Phi) is 5.50. The molecule has 3 rings (SSSR count). The van der Waals surface area contributed by atoms with Crippen molar-refractivity contribution < 1.29 is 12.8 Å². The molecule has 0 amide bonds.